The summed E-state index contributed by atoms with van der Waals surface area (Å²) in [6.45, 7) is 0.458. The smallest absolute Gasteiger partial charge is 0.278 e. The minimum Gasteiger partial charge on any atom is -0.378 e. The van der Waals surface area contributed by atoms with E-state index in [0.717, 1.165) is 42.5 Å². The fraction of sp³-hybridized carbons (Fsp3) is 0.346. The van der Waals surface area contributed by atoms with Crippen molar-refractivity contribution in [1.29, 1.82) is 0 Å². The summed E-state index contributed by atoms with van der Waals surface area (Å²) in [5.41, 5.74) is 2.95. The van der Waals surface area contributed by atoms with Crippen molar-refractivity contribution in [3.8, 4) is 0 Å². The number of amidine groups is 1. The van der Waals surface area contributed by atoms with Crippen LogP contribution in [0.5, 0.6) is 0 Å². The van der Waals surface area contributed by atoms with Crippen molar-refractivity contribution in [2.75, 3.05) is 38.0 Å². The molecule has 0 saturated heterocycles. The number of aromatic nitrogens is 2. The number of anilines is 1. The van der Waals surface area contributed by atoms with Crippen LogP contribution < -0.4 is 10.2 Å². The molecule has 2 amide bonds. The van der Waals surface area contributed by atoms with Crippen LogP contribution in [0.25, 0.3) is 12.2 Å². The van der Waals surface area contributed by atoms with Crippen LogP contribution in [0.4, 0.5) is 5.69 Å². The van der Waals surface area contributed by atoms with Crippen molar-refractivity contribution in [1.82, 2.24) is 20.2 Å². The molecule has 2 aromatic rings. The number of nitrogens with one attached hydrogen (secondary N) is 1. The van der Waals surface area contributed by atoms with Crippen LogP contribution in [0.15, 0.2) is 59.8 Å². The van der Waals surface area contributed by atoms with Gasteiger partial charge in [-0.3, -0.25) is 14.5 Å². The normalized spacial score (nSPS) is 14.6. The van der Waals surface area contributed by atoms with E-state index in [2.05, 4.69) is 20.3 Å². The van der Waals surface area contributed by atoms with Gasteiger partial charge in [0.25, 0.3) is 5.91 Å². The Kier molecular flexibility index (Phi) is 9.98. The van der Waals surface area contributed by atoms with Gasteiger partial charge in [-0.15, -0.1) is 11.6 Å². The first-order valence-electron chi connectivity index (χ1n) is 11.6. The number of aliphatic imine (C=N–C) groups is 1. The molecule has 0 aliphatic carbocycles. The maximum absolute atomic E-state index is 13.2. The topological polar surface area (TPSA) is 90.8 Å². The number of amides is 2. The molecule has 35 heavy (non-hydrogen) atoms. The van der Waals surface area contributed by atoms with Crippen LogP contribution in [0.3, 0.4) is 0 Å². The molecule has 9 heteroatoms. The highest BCUT2D eigenvalue weighted by Crippen LogP contribution is 2.21. The van der Waals surface area contributed by atoms with Gasteiger partial charge in [-0.25, -0.2) is 15.0 Å². The van der Waals surface area contributed by atoms with E-state index in [1.807, 2.05) is 43.3 Å². The van der Waals surface area contributed by atoms with Gasteiger partial charge in [-0.1, -0.05) is 25.0 Å². The second-order valence-corrected chi connectivity index (χ2v) is 8.71. The van der Waals surface area contributed by atoms with Crippen LogP contribution in [0.2, 0.25) is 0 Å². The van der Waals surface area contributed by atoms with E-state index < -0.39 is 0 Å². The molecule has 1 N–H and O–H groups in total. The first kappa shape index (κ1) is 26.1. The van der Waals surface area contributed by atoms with E-state index in [1.54, 1.807) is 30.6 Å². The number of nitrogens with zero attached hydrogens (tertiary/aromatic N) is 5. The SMILES string of the molecule is CN(C)c1ccc(/C=C2N=C(/C=C/c3cncnc3)N(CC(=O)NCCCCCCCl)C\2=O)cc1. The van der Waals surface area contributed by atoms with Crippen molar-refractivity contribution in [3.63, 3.8) is 0 Å². The lowest BCUT2D eigenvalue weighted by Gasteiger charge is -2.16. The van der Waals surface area contributed by atoms with Crippen LogP contribution in [0.1, 0.15) is 36.8 Å². The molecule has 0 bridgehead atoms. The van der Waals surface area contributed by atoms with E-state index >= 15 is 0 Å². The van der Waals surface area contributed by atoms with Crippen LogP contribution in [0, 0.1) is 0 Å². The lowest BCUT2D eigenvalue weighted by Crippen LogP contribution is -2.41. The van der Waals surface area contributed by atoms with E-state index in [4.69, 9.17) is 11.6 Å². The molecule has 0 spiro atoms. The van der Waals surface area contributed by atoms with Crippen LogP contribution in [-0.2, 0) is 9.59 Å². The molecule has 1 aromatic heterocycles. The average molecular weight is 495 g/mol. The fourth-order valence-corrected chi connectivity index (χ4v) is 3.63. The maximum atomic E-state index is 13.2. The van der Waals surface area contributed by atoms with E-state index in [-0.39, 0.29) is 24.1 Å². The van der Waals surface area contributed by atoms with Gasteiger partial charge in [0, 0.05) is 50.2 Å². The van der Waals surface area contributed by atoms with Gasteiger partial charge in [0.05, 0.1) is 0 Å². The van der Waals surface area contributed by atoms with Gasteiger partial charge < -0.3 is 10.2 Å². The average Bonchev–Trinajstić information content (AvgIpc) is 3.15. The Bertz CT molecular complexity index is 1080. The molecule has 0 unspecified atom stereocenters. The summed E-state index contributed by atoms with van der Waals surface area (Å²) in [6.07, 6.45) is 13.9. The molecule has 1 aliphatic heterocycles. The van der Waals surface area contributed by atoms with Crippen molar-refractivity contribution in [3.05, 3.63) is 65.9 Å². The second kappa shape index (κ2) is 13.4. The van der Waals surface area contributed by atoms with Gasteiger partial charge >= 0.3 is 0 Å². The Labute approximate surface area is 211 Å². The standard InChI is InChI=1S/C26H31ClN6O2/c1-32(2)22-10-7-20(8-11-22)15-23-26(35)33(18-25(34)30-14-6-4-3-5-13-27)24(31-23)12-9-21-16-28-19-29-17-21/h7-12,15-17,19H,3-6,13-14,18H2,1-2H3,(H,30,34)/b12-9+,23-15-. The minimum absolute atomic E-state index is 0.105. The predicted octanol–water partition coefficient (Wildman–Crippen LogP) is 3.75. The first-order valence-corrected chi connectivity index (χ1v) is 12.2. The Balaban J connectivity index is 1.73. The van der Waals surface area contributed by atoms with Crippen LogP contribution in [-0.4, -0.2) is 65.6 Å². The molecule has 1 aliphatic rings. The number of alkyl halides is 1. The molecular formula is C26H31ClN6O2. The van der Waals surface area contributed by atoms with Gasteiger partial charge in [0.1, 0.15) is 24.4 Å². The van der Waals surface area contributed by atoms with Crippen molar-refractivity contribution < 1.29 is 9.59 Å². The Hall–Kier alpha value is -3.52. The second-order valence-electron chi connectivity index (χ2n) is 8.34. The van der Waals surface area contributed by atoms with E-state index in [9.17, 15) is 9.59 Å². The highest BCUT2D eigenvalue weighted by molar-refractivity contribution is 6.19. The Morgan fingerprint density at radius 3 is 2.43 bits per heavy atom. The summed E-state index contributed by atoms with van der Waals surface area (Å²) in [6, 6.07) is 7.82. The van der Waals surface area contributed by atoms with Gasteiger partial charge in [-0.05, 0) is 48.8 Å². The number of benzene rings is 1. The monoisotopic (exact) mass is 494 g/mol. The molecule has 0 saturated carbocycles. The molecule has 3 rings (SSSR count). The molecule has 8 nitrogen and oxygen atoms in total. The molecule has 1 aromatic carbocycles. The van der Waals surface area contributed by atoms with Crippen molar-refractivity contribution >= 4 is 47.1 Å². The number of halogens is 1. The number of rotatable bonds is 12. The predicted molar refractivity (Wildman–Crippen MR) is 141 cm³/mol. The molecule has 2 heterocycles. The number of hydrogen-bond acceptors (Lipinski definition) is 6. The van der Waals surface area contributed by atoms with Gasteiger partial charge in [0.2, 0.25) is 5.91 Å². The van der Waals surface area contributed by atoms with Gasteiger partial charge in [0.15, 0.2) is 0 Å². The zero-order chi connectivity index (χ0) is 25.0. The highest BCUT2D eigenvalue weighted by atomic mass is 35.5. The summed E-state index contributed by atoms with van der Waals surface area (Å²) < 4.78 is 0. The number of carbonyl (C=O) groups is 2. The quantitative estimate of drug-likeness (QED) is 0.275. The first-order chi connectivity index (χ1) is 17.0. The minimum atomic E-state index is -0.317. The molecule has 0 atom stereocenters. The molecule has 0 radical (unpaired) electrons. The molecule has 184 valence electrons. The summed E-state index contributed by atoms with van der Waals surface area (Å²) in [4.78, 5) is 41.7. The lowest BCUT2D eigenvalue weighted by atomic mass is 10.1. The van der Waals surface area contributed by atoms with Crippen molar-refractivity contribution in [2.24, 2.45) is 4.99 Å². The zero-order valence-corrected chi connectivity index (χ0v) is 20.9. The number of hydrogen-bond donors (Lipinski definition) is 1. The van der Waals surface area contributed by atoms with Gasteiger partial charge in [-0.2, -0.15) is 0 Å². The summed E-state index contributed by atoms with van der Waals surface area (Å²) in [5, 5.41) is 2.89. The molecular weight excluding hydrogens is 464 g/mol. The third-order valence-corrected chi connectivity index (χ3v) is 5.65. The number of unbranched alkanes of at least 4 members (excludes halogenated alkanes) is 3. The van der Waals surface area contributed by atoms with E-state index in [0.29, 0.717) is 18.3 Å². The third-order valence-electron chi connectivity index (χ3n) is 5.38. The summed E-state index contributed by atoms with van der Waals surface area (Å²) >= 11 is 5.70. The maximum Gasteiger partial charge on any atom is 0.278 e. The number of carbonyl (C=O) groups excluding carboxylic acids is 2. The lowest BCUT2D eigenvalue weighted by molar-refractivity contribution is -0.129. The Morgan fingerprint density at radius 1 is 1.03 bits per heavy atom. The largest absolute Gasteiger partial charge is 0.378 e. The summed E-state index contributed by atoms with van der Waals surface area (Å²) in [5.74, 6) is 0.510. The fourth-order valence-electron chi connectivity index (χ4n) is 3.44. The highest BCUT2D eigenvalue weighted by Gasteiger charge is 2.30. The van der Waals surface area contributed by atoms with Crippen molar-refractivity contribution in [2.45, 2.75) is 25.7 Å². The summed E-state index contributed by atoms with van der Waals surface area (Å²) in [7, 11) is 3.94. The Morgan fingerprint density at radius 2 is 1.74 bits per heavy atom. The zero-order valence-electron chi connectivity index (χ0n) is 20.2. The van der Waals surface area contributed by atoms with Crippen LogP contribution >= 0.6 is 11.6 Å². The third kappa shape index (κ3) is 8.03. The van der Waals surface area contributed by atoms with E-state index in [1.165, 1.54) is 11.2 Å². The molecule has 0 fully saturated rings.